The number of methoxy groups -OCH3 is 1. The zero-order valence-electron chi connectivity index (χ0n) is 13.2. The number of carbonyl (C=O) groups is 1. The second-order valence-corrected chi connectivity index (χ2v) is 6.70. The smallest absolute Gasteiger partial charge is 0.337 e. The van der Waals surface area contributed by atoms with Crippen LogP contribution in [0.4, 0.5) is 5.69 Å². The van der Waals surface area contributed by atoms with E-state index in [0.717, 1.165) is 0 Å². The number of hydrogen-bond donors (Lipinski definition) is 1. The van der Waals surface area contributed by atoms with Crippen LogP contribution < -0.4 is 4.72 Å². The first kappa shape index (κ1) is 16.7. The molecule has 1 N–H and O–H groups in total. The average molecular weight is 358 g/mol. The molecule has 3 rings (SSSR count). The highest BCUT2D eigenvalue weighted by Crippen LogP contribution is 2.28. The topological polar surface area (TPSA) is 98.5 Å². The van der Waals surface area contributed by atoms with Crippen molar-refractivity contribution in [1.82, 2.24) is 5.16 Å². The Hall–Kier alpha value is -3.13. The predicted octanol–water partition coefficient (Wildman–Crippen LogP) is 2.93. The fourth-order valence-electron chi connectivity index (χ4n) is 2.30. The molecule has 0 radical (unpaired) electrons. The van der Waals surface area contributed by atoms with Crippen molar-refractivity contribution in [3.63, 3.8) is 0 Å². The molecule has 25 heavy (non-hydrogen) atoms. The van der Waals surface area contributed by atoms with E-state index >= 15 is 0 Å². The molecule has 7 nitrogen and oxygen atoms in total. The summed E-state index contributed by atoms with van der Waals surface area (Å²) in [7, 11) is -2.65. The minimum Gasteiger partial charge on any atom is -0.465 e. The maximum absolute atomic E-state index is 12.8. The summed E-state index contributed by atoms with van der Waals surface area (Å²) in [5.74, 6) is -0.215. The van der Waals surface area contributed by atoms with Crippen LogP contribution >= 0.6 is 0 Å². The predicted molar refractivity (Wildman–Crippen MR) is 90.5 cm³/mol. The standard InChI is InChI=1S/C17H14N2O5S/c1-23-17(20)12-5-4-6-13(11-12)19-25(21,22)16-8-3-2-7-14(16)15-9-10-18-24-15/h2-11,19H,1H3. The van der Waals surface area contributed by atoms with E-state index in [1.54, 1.807) is 36.4 Å². The summed E-state index contributed by atoms with van der Waals surface area (Å²) in [6.45, 7) is 0. The van der Waals surface area contributed by atoms with Gasteiger partial charge in [0.15, 0.2) is 5.76 Å². The number of benzene rings is 2. The van der Waals surface area contributed by atoms with Crippen LogP contribution in [-0.4, -0.2) is 26.7 Å². The lowest BCUT2D eigenvalue weighted by Crippen LogP contribution is -2.14. The third-order valence-corrected chi connectivity index (χ3v) is 4.86. The van der Waals surface area contributed by atoms with Crippen LogP contribution in [0.3, 0.4) is 0 Å². The summed E-state index contributed by atoms with van der Waals surface area (Å²) in [5, 5.41) is 3.60. The van der Waals surface area contributed by atoms with Crippen molar-refractivity contribution >= 4 is 21.7 Å². The number of hydrogen-bond acceptors (Lipinski definition) is 6. The van der Waals surface area contributed by atoms with Crippen LogP contribution in [0, 0.1) is 0 Å². The first-order chi connectivity index (χ1) is 12.0. The van der Waals surface area contributed by atoms with Gasteiger partial charge in [0.25, 0.3) is 10.0 Å². The lowest BCUT2D eigenvalue weighted by Gasteiger charge is -2.11. The Morgan fingerprint density at radius 3 is 2.64 bits per heavy atom. The van der Waals surface area contributed by atoms with Crippen molar-refractivity contribution in [3.05, 3.63) is 66.4 Å². The molecule has 1 aromatic heterocycles. The molecule has 3 aromatic rings. The number of carbonyl (C=O) groups excluding carboxylic acids is 1. The zero-order valence-corrected chi connectivity index (χ0v) is 14.0. The number of aromatic nitrogens is 1. The van der Waals surface area contributed by atoms with Crippen LogP contribution in [0.1, 0.15) is 10.4 Å². The third kappa shape index (κ3) is 3.53. The Kier molecular flexibility index (Phi) is 4.53. The van der Waals surface area contributed by atoms with Gasteiger partial charge in [-0.3, -0.25) is 4.72 Å². The molecule has 128 valence electrons. The number of esters is 1. The summed E-state index contributed by atoms with van der Waals surface area (Å²) < 4.78 is 37.7. The van der Waals surface area contributed by atoms with Crippen molar-refractivity contribution in [3.8, 4) is 11.3 Å². The third-order valence-electron chi connectivity index (χ3n) is 3.42. The SMILES string of the molecule is COC(=O)c1cccc(NS(=O)(=O)c2ccccc2-c2ccno2)c1. The van der Waals surface area contributed by atoms with Gasteiger partial charge in [-0.25, -0.2) is 13.2 Å². The van der Waals surface area contributed by atoms with Crippen molar-refractivity contribution in [1.29, 1.82) is 0 Å². The van der Waals surface area contributed by atoms with E-state index < -0.39 is 16.0 Å². The van der Waals surface area contributed by atoms with E-state index in [2.05, 4.69) is 14.6 Å². The van der Waals surface area contributed by atoms with Crippen LogP contribution in [0.2, 0.25) is 0 Å². The van der Waals surface area contributed by atoms with Gasteiger partial charge in [-0.15, -0.1) is 0 Å². The second-order valence-electron chi connectivity index (χ2n) is 5.05. The maximum Gasteiger partial charge on any atom is 0.337 e. The highest BCUT2D eigenvalue weighted by atomic mass is 32.2. The molecule has 0 aliphatic carbocycles. The van der Waals surface area contributed by atoms with Gasteiger partial charge in [0, 0.05) is 17.3 Å². The summed E-state index contributed by atoms with van der Waals surface area (Å²) in [6.07, 6.45) is 1.44. The molecule has 0 fully saturated rings. The number of nitrogens with zero attached hydrogens (tertiary/aromatic N) is 1. The van der Waals surface area contributed by atoms with Gasteiger partial charge >= 0.3 is 5.97 Å². The zero-order chi connectivity index (χ0) is 17.9. The number of anilines is 1. The van der Waals surface area contributed by atoms with Crippen molar-refractivity contribution in [2.75, 3.05) is 11.8 Å². The number of ether oxygens (including phenoxy) is 1. The van der Waals surface area contributed by atoms with Crippen molar-refractivity contribution < 1.29 is 22.5 Å². The summed E-state index contributed by atoms with van der Waals surface area (Å²) in [5.41, 5.74) is 0.873. The Balaban J connectivity index is 1.98. The van der Waals surface area contributed by atoms with Gasteiger partial charge in [-0.05, 0) is 30.3 Å². The largest absolute Gasteiger partial charge is 0.465 e. The lowest BCUT2D eigenvalue weighted by molar-refractivity contribution is 0.0601. The molecule has 0 amide bonds. The van der Waals surface area contributed by atoms with Gasteiger partial charge in [0.2, 0.25) is 0 Å². The molecule has 1 heterocycles. The molecule has 0 aliphatic heterocycles. The first-order valence-electron chi connectivity index (χ1n) is 7.22. The first-order valence-corrected chi connectivity index (χ1v) is 8.71. The second kappa shape index (κ2) is 6.78. The molecular formula is C17H14N2O5S. The number of rotatable bonds is 5. The Morgan fingerprint density at radius 2 is 1.92 bits per heavy atom. The van der Waals surface area contributed by atoms with Crippen LogP contribution in [0.5, 0.6) is 0 Å². The molecule has 0 saturated heterocycles. The van der Waals surface area contributed by atoms with Gasteiger partial charge in [0.1, 0.15) is 0 Å². The minimum atomic E-state index is -3.91. The fourth-order valence-corrected chi connectivity index (χ4v) is 3.56. The molecule has 2 aromatic carbocycles. The van der Waals surface area contributed by atoms with Gasteiger partial charge < -0.3 is 9.26 Å². The summed E-state index contributed by atoms with van der Waals surface area (Å²) >= 11 is 0. The molecular weight excluding hydrogens is 344 g/mol. The van der Waals surface area contributed by atoms with Gasteiger partial charge in [-0.2, -0.15) is 0 Å². The Morgan fingerprint density at radius 1 is 1.12 bits per heavy atom. The van der Waals surface area contributed by atoms with Crippen LogP contribution in [0.15, 0.2) is 70.2 Å². The molecule has 0 spiro atoms. The quantitative estimate of drug-likeness (QED) is 0.704. The molecule has 8 heteroatoms. The van der Waals surface area contributed by atoms with Gasteiger partial charge in [-0.1, -0.05) is 23.4 Å². The maximum atomic E-state index is 12.8. The van der Waals surface area contributed by atoms with Crippen LogP contribution in [-0.2, 0) is 14.8 Å². The fraction of sp³-hybridized carbons (Fsp3) is 0.0588. The van der Waals surface area contributed by atoms with E-state index in [1.165, 1.54) is 31.5 Å². The molecule has 0 aliphatic rings. The number of sulfonamides is 1. The van der Waals surface area contributed by atoms with E-state index in [9.17, 15) is 13.2 Å². The summed E-state index contributed by atoms with van der Waals surface area (Å²) in [6, 6.07) is 14.0. The normalized spacial score (nSPS) is 11.1. The number of nitrogens with one attached hydrogen (secondary N) is 1. The monoisotopic (exact) mass is 358 g/mol. The van der Waals surface area contributed by atoms with Crippen LogP contribution in [0.25, 0.3) is 11.3 Å². The Labute approximate surface area is 144 Å². The van der Waals surface area contributed by atoms with E-state index in [1.807, 2.05) is 0 Å². The highest BCUT2D eigenvalue weighted by Gasteiger charge is 2.21. The van der Waals surface area contributed by atoms with E-state index in [-0.39, 0.29) is 16.1 Å². The van der Waals surface area contributed by atoms with Crippen molar-refractivity contribution in [2.45, 2.75) is 4.90 Å². The molecule has 0 saturated carbocycles. The average Bonchev–Trinajstić information content (AvgIpc) is 3.15. The molecule has 0 unspecified atom stereocenters. The van der Waals surface area contributed by atoms with Crippen molar-refractivity contribution in [2.24, 2.45) is 0 Å². The lowest BCUT2D eigenvalue weighted by atomic mass is 10.2. The van der Waals surface area contributed by atoms with E-state index in [0.29, 0.717) is 11.3 Å². The van der Waals surface area contributed by atoms with E-state index in [4.69, 9.17) is 4.52 Å². The summed E-state index contributed by atoms with van der Waals surface area (Å²) in [4.78, 5) is 11.6. The highest BCUT2D eigenvalue weighted by molar-refractivity contribution is 7.92. The minimum absolute atomic E-state index is 0.0372. The molecule has 0 atom stereocenters. The molecule has 0 bridgehead atoms. The van der Waals surface area contributed by atoms with Gasteiger partial charge in [0.05, 0.1) is 23.8 Å². The Bertz CT molecular complexity index is 997.